The SMILES string of the molecule is Cc1cc2c(cc1-c1c(C)ccc3c1oc1nc4ccccc4n13)[Si](C)(C)c1ccc(C)c(-c3ncc4c(n3)-c3ccccc3-c3ccccc3-c3ccccc3-4)c1S2. The van der Waals surface area contributed by atoms with Gasteiger partial charge in [0.05, 0.1) is 22.2 Å². The van der Waals surface area contributed by atoms with E-state index in [-0.39, 0.29) is 0 Å². The number of rotatable bonds is 2. The smallest absolute Gasteiger partial charge is 0.307 e. The van der Waals surface area contributed by atoms with Crippen molar-refractivity contribution in [1.29, 1.82) is 0 Å². The van der Waals surface area contributed by atoms with Crippen molar-refractivity contribution >= 4 is 58.2 Å². The van der Waals surface area contributed by atoms with E-state index in [4.69, 9.17) is 19.4 Å². The molecule has 0 saturated carbocycles. The highest BCUT2D eigenvalue weighted by atomic mass is 32.2. The summed E-state index contributed by atoms with van der Waals surface area (Å²) < 4.78 is 8.80. The molecule has 5 nitrogen and oxygen atoms in total. The summed E-state index contributed by atoms with van der Waals surface area (Å²) >= 11 is 1.88. The number of hydrogen-bond acceptors (Lipinski definition) is 5. The van der Waals surface area contributed by atoms with Gasteiger partial charge in [0.1, 0.15) is 8.07 Å². The van der Waals surface area contributed by atoms with E-state index in [0.717, 1.165) is 61.5 Å². The van der Waals surface area contributed by atoms with Gasteiger partial charge in [-0.2, -0.15) is 4.98 Å². The Morgan fingerprint density at radius 3 is 1.88 bits per heavy atom. The lowest BCUT2D eigenvalue weighted by Crippen LogP contribution is -2.56. The van der Waals surface area contributed by atoms with E-state index in [9.17, 15) is 0 Å². The fraction of sp³-hybridized carbons (Fsp3) is 0.0962. The van der Waals surface area contributed by atoms with Gasteiger partial charge in [-0.25, -0.2) is 9.97 Å². The highest BCUT2D eigenvalue weighted by Gasteiger charge is 2.38. The van der Waals surface area contributed by atoms with E-state index in [1.165, 1.54) is 64.7 Å². The third-order valence-electron chi connectivity index (χ3n) is 12.7. The number of nitrogens with zero attached hydrogens (tertiary/aromatic N) is 4. The van der Waals surface area contributed by atoms with E-state index < -0.39 is 8.07 Å². The van der Waals surface area contributed by atoms with Gasteiger partial charge in [-0.1, -0.05) is 134 Å². The fourth-order valence-electron chi connectivity index (χ4n) is 9.75. The van der Waals surface area contributed by atoms with Gasteiger partial charge in [-0.15, -0.1) is 0 Å². The first-order valence-corrected chi connectivity index (χ1v) is 24.0. The maximum Gasteiger partial charge on any atom is 0.307 e. The molecule has 0 saturated heterocycles. The van der Waals surface area contributed by atoms with Crippen LogP contribution in [0, 0.1) is 20.8 Å². The summed E-state index contributed by atoms with van der Waals surface area (Å²) in [5, 5.41) is 2.85. The average molecular weight is 795 g/mol. The lowest BCUT2D eigenvalue weighted by Gasteiger charge is -2.35. The van der Waals surface area contributed by atoms with E-state index in [1.54, 1.807) is 0 Å². The average Bonchev–Trinajstić information content (AvgIpc) is 3.79. The van der Waals surface area contributed by atoms with E-state index in [1.807, 2.05) is 23.9 Å². The zero-order chi connectivity index (χ0) is 39.7. The Hall–Kier alpha value is -6.54. The Bertz CT molecular complexity index is 3440. The first-order valence-electron chi connectivity index (χ1n) is 20.2. The van der Waals surface area contributed by atoms with Gasteiger partial charge in [-0.3, -0.25) is 4.40 Å². The molecule has 0 bridgehead atoms. The maximum absolute atomic E-state index is 6.65. The summed E-state index contributed by atoms with van der Waals surface area (Å²) in [7, 11) is -2.26. The standard InChI is InChI=1S/C52H38N4OSSi/c1-29-22-24-42-49(57-52-54-40-20-12-13-21-41(40)56(42)52)46(29)38-27-45-43(26-31(38)3)58-50-44(59(45,4)5)25-23-30(2)47(50)51-53-28-39-36-18-9-8-16-34(36)32-14-6-7-15-33(32)35-17-10-11-19-37(35)48(39)55-51/h6-28H,1-5H3. The van der Waals surface area contributed by atoms with Crippen molar-refractivity contribution in [3.05, 3.63) is 156 Å². The van der Waals surface area contributed by atoms with Crippen LogP contribution in [0.4, 0.5) is 0 Å². The molecule has 10 aromatic rings. The van der Waals surface area contributed by atoms with Crippen LogP contribution in [0.25, 0.3) is 95.1 Å². The van der Waals surface area contributed by atoms with Crippen molar-refractivity contribution in [2.45, 2.75) is 43.7 Å². The van der Waals surface area contributed by atoms with Crippen LogP contribution in [0.15, 0.2) is 154 Å². The summed E-state index contributed by atoms with van der Waals surface area (Å²) in [5.74, 6) is 1.39. The topological polar surface area (TPSA) is 56.2 Å². The second-order valence-electron chi connectivity index (χ2n) is 16.5. The zero-order valence-electron chi connectivity index (χ0n) is 33.4. The molecule has 3 aromatic heterocycles. The molecule has 12 rings (SSSR count). The predicted octanol–water partition coefficient (Wildman–Crippen LogP) is 12.6. The Balaban J connectivity index is 1.03. The largest absolute Gasteiger partial charge is 0.422 e. The molecule has 0 unspecified atom stereocenters. The number of aromatic nitrogens is 4. The fourth-order valence-corrected chi connectivity index (χ4v) is 15.4. The normalized spacial score (nSPS) is 13.6. The second kappa shape index (κ2) is 12.5. The molecule has 1 aliphatic carbocycles. The summed E-state index contributed by atoms with van der Waals surface area (Å²) in [6.45, 7) is 11.6. The first-order chi connectivity index (χ1) is 28.8. The molecule has 7 aromatic carbocycles. The van der Waals surface area contributed by atoms with Gasteiger partial charge >= 0.3 is 5.84 Å². The molecule has 0 atom stereocenters. The second-order valence-corrected chi connectivity index (χ2v) is 21.9. The highest BCUT2D eigenvalue weighted by Crippen LogP contribution is 2.48. The van der Waals surface area contributed by atoms with Crippen LogP contribution >= 0.6 is 11.8 Å². The monoisotopic (exact) mass is 794 g/mol. The van der Waals surface area contributed by atoms with Crippen molar-refractivity contribution in [3.63, 3.8) is 0 Å². The molecule has 0 radical (unpaired) electrons. The van der Waals surface area contributed by atoms with Crippen molar-refractivity contribution in [1.82, 2.24) is 19.4 Å². The number of para-hydroxylation sites is 2. The molecule has 59 heavy (non-hydrogen) atoms. The quantitative estimate of drug-likeness (QED) is 0.163. The molecule has 2 aliphatic rings. The van der Waals surface area contributed by atoms with E-state index in [0.29, 0.717) is 5.84 Å². The van der Waals surface area contributed by atoms with Gasteiger partial charge in [0.2, 0.25) is 0 Å². The molecular formula is C52H38N4OSSi. The Kier molecular flexibility index (Phi) is 7.30. The number of aryl methyl sites for hydroxylation is 3. The highest BCUT2D eigenvalue weighted by molar-refractivity contribution is 8.00. The summed E-state index contributed by atoms with van der Waals surface area (Å²) in [6, 6.07) is 48.3. The molecule has 1 aliphatic heterocycles. The van der Waals surface area contributed by atoms with Crippen LogP contribution in [-0.2, 0) is 0 Å². The Morgan fingerprint density at radius 1 is 0.542 bits per heavy atom. The molecule has 4 heterocycles. The van der Waals surface area contributed by atoms with Crippen molar-refractivity contribution in [2.75, 3.05) is 0 Å². The van der Waals surface area contributed by atoms with Gasteiger partial charge in [0.25, 0.3) is 0 Å². The Labute approximate surface area is 347 Å². The minimum Gasteiger partial charge on any atom is -0.422 e. The molecule has 282 valence electrons. The lowest BCUT2D eigenvalue weighted by atomic mass is 9.83. The minimum atomic E-state index is -2.26. The van der Waals surface area contributed by atoms with Crippen LogP contribution in [0.1, 0.15) is 16.7 Å². The molecular weight excluding hydrogens is 757 g/mol. The number of oxazole rings is 1. The van der Waals surface area contributed by atoms with Gasteiger partial charge < -0.3 is 4.42 Å². The summed E-state index contributed by atoms with van der Waals surface area (Å²) in [6.07, 6.45) is 2.07. The van der Waals surface area contributed by atoms with Crippen LogP contribution in [-0.4, -0.2) is 27.4 Å². The zero-order valence-corrected chi connectivity index (χ0v) is 35.2. The summed E-state index contributed by atoms with van der Waals surface area (Å²) in [4.78, 5) is 18.3. The first kappa shape index (κ1) is 34.5. The number of imidazole rings is 1. The lowest BCUT2D eigenvalue weighted by molar-refractivity contribution is 0.644. The number of fused-ring (bicyclic) bond motifs is 15. The van der Waals surface area contributed by atoms with Gasteiger partial charge in [-0.05, 0) is 105 Å². The van der Waals surface area contributed by atoms with Gasteiger partial charge in [0.15, 0.2) is 11.4 Å². The third kappa shape index (κ3) is 4.89. The molecule has 0 N–H and O–H groups in total. The van der Waals surface area contributed by atoms with E-state index in [2.05, 4.69) is 166 Å². The third-order valence-corrected chi connectivity index (χ3v) is 17.8. The molecule has 7 heteroatoms. The van der Waals surface area contributed by atoms with Crippen LogP contribution in [0.2, 0.25) is 13.1 Å². The number of hydrogen-bond donors (Lipinski definition) is 0. The van der Waals surface area contributed by atoms with Crippen molar-refractivity contribution in [3.8, 4) is 67.2 Å². The predicted molar refractivity (Wildman–Crippen MR) is 246 cm³/mol. The molecule has 0 spiro atoms. The minimum absolute atomic E-state index is 0.624. The number of benzene rings is 7. The van der Waals surface area contributed by atoms with Crippen LogP contribution in [0.5, 0.6) is 0 Å². The molecule has 0 amide bonds. The van der Waals surface area contributed by atoms with E-state index >= 15 is 0 Å². The van der Waals surface area contributed by atoms with Crippen LogP contribution in [0.3, 0.4) is 0 Å². The summed E-state index contributed by atoms with van der Waals surface area (Å²) in [5.41, 5.74) is 20.1. The Morgan fingerprint density at radius 2 is 1.15 bits per heavy atom. The maximum atomic E-state index is 6.65. The van der Waals surface area contributed by atoms with Crippen molar-refractivity contribution < 1.29 is 4.42 Å². The molecule has 0 fully saturated rings. The van der Waals surface area contributed by atoms with Gasteiger partial charge in [0, 0.05) is 38.2 Å². The van der Waals surface area contributed by atoms with Crippen molar-refractivity contribution in [2.24, 2.45) is 0 Å². The van der Waals surface area contributed by atoms with Crippen LogP contribution < -0.4 is 10.4 Å².